The highest BCUT2D eigenvalue weighted by Gasteiger charge is 2.39. The molecule has 3 atom stereocenters. The van der Waals surface area contributed by atoms with Crippen LogP contribution >= 0.6 is 11.3 Å². The number of hydrogen-bond donors (Lipinski definition) is 0. The number of hydrogen-bond acceptors (Lipinski definition) is 4. The van der Waals surface area contributed by atoms with Crippen molar-refractivity contribution in [3.63, 3.8) is 0 Å². The van der Waals surface area contributed by atoms with Crippen LogP contribution in [0.3, 0.4) is 0 Å². The lowest BCUT2D eigenvalue weighted by molar-refractivity contribution is -0.0938. The van der Waals surface area contributed by atoms with E-state index < -0.39 is 0 Å². The lowest BCUT2D eigenvalue weighted by Crippen LogP contribution is -2.43. The Labute approximate surface area is 113 Å². The molecule has 0 saturated carbocycles. The fourth-order valence-electron chi connectivity index (χ4n) is 3.21. The largest absolute Gasteiger partial charge is 0.382 e. The summed E-state index contributed by atoms with van der Waals surface area (Å²) in [6.45, 7) is 3.00. The predicted octanol–water partition coefficient (Wildman–Crippen LogP) is 2.52. The Morgan fingerprint density at radius 3 is 3.17 bits per heavy atom. The molecule has 0 unspecified atom stereocenters. The molecular weight excluding hydrogens is 246 g/mol. The molecule has 0 bridgehead atoms. The van der Waals surface area contributed by atoms with E-state index in [0.29, 0.717) is 18.2 Å². The molecule has 3 rings (SSSR count). The van der Waals surface area contributed by atoms with Crippen molar-refractivity contribution in [3.05, 3.63) is 22.4 Å². The van der Waals surface area contributed by atoms with Gasteiger partial charge >= 0.3 is 0 Å². The van der Waals surface area contributed by atoms with Crippen molar-refractivity contribution in [1.82, 2.24) is 4.90 Å². The Balaban J connectivity index is 1.58. The summed E-state index contributed by atoms with van der Waals surface area (Å²) in [5.41, 5.74) is 1.44. The molecule has 0 aromatic carbocycles. The van der Waals surface area contributed by atoms with Crippen LogP contribution in [0.15, 0.2) is 16.8 Å². The quantitative estimate of drug-likeness (QED) is 0.836. The molecule has 1 aromatic heterocycles. The van der Waals surface area contributed by atoms with Crippen LogP contribution in [0.4, 0.5) is 0 Å². The van der Waals surface area contributed by atoms with E-state index in [0.717, 1.165) is 19.6 Å². The van der Waals surface area contributed by atoms with E-state index in [1.165, 1.54) is 24.9 Å². The number of methoxy groups -OCH3 is 1. The summed E-state index contributed by atoms with van der Waals surface area (Å²) in [5, 5.41) is 4.42. The van der Waals surface area contributed by atoms with Crippen LogP contribution < -0.4 is 0 Å². The van der Waals surface area contributed by atoms with Crippen LogP contribution in [0.1, 0.15) is 24.8 Å². The molecule has 2 saturated heterocycles. The van der Waals surface area contributed by atoms with Crippen molar-refractivity contribution < 1.29 is 9.47 Å². The van der Waals surface area contributed by atoms with E-state index in [2.05, 4.69) is 21.7 Å². The highest BCUT2D eigenvalue weighted by Crippen LogP contribution is 2.32. The highest BCUT2D eigenvalue weighted by atomic mass is 32.1. The van der Waals surface area contributed by atoms with Gasteiger partial charge in [-0.3, -0.25) is 4.90 Å². The van der Waals surface area contributed by atoms with Gasteiger partial charge in [-0.15, -0.1) is 0 Å². The zero-order chi connectivity index (χ0) is 12.4. The molecule has 0 aliphatic carbocycles. The van der Waals surface area contributed by atoms with Crippen LogP contribution in [-0.2, 0) is 16.0 Å². The van der Waals surface area contributed by atoms with Gasteiger partial charge in [-0.1, -0.05) is 0 Å². The van der Waals surface area contributed by atoms with E-state index in [1.54, 1.807) is 18.4 Å². The molecule has 2 aliphatic rings. The molecular formula is C14H21NO2S. The average molecular weight is 267 g/mol. The maximum Gasteiger partial charge on any atom is 0.0813 e. The minimum absolute atomic E-state index is 0.317. The van der Waals surface area contributed by atoms with Crippen molar-refractivity contribution in [2.24, 2.45) is 0 Å². The number of thiophene rings is 1. The minimum atomic E-state index is 0.317. The fraction of sp³-hybridized carbons (Fsp3) is 0.714. The summed E-state index contributed by atoms with van der Waals surface area (Å²) in [7, 11) is 1.76. The van der Waals surface area contributed by atoms with Gasteiger partial charge in [0.1, 0.15) is 0 Å². The number of ether oxygens (including phenoxy) is 2. The molecule has 0 amide bonds. The van der Waals surface area contributed by atoms with E-state index >= 15 is 0 Å². The number of likely N-dealkylation sites (tertiary alicyclic amines) is 1. The third-order valence-electron chi connectivity index (χ3n) is 4.07. The average Bonchev–Trinajstić information content (AvgIpc) is 3.00. The molecule has 18 heavy (non-hydrogen) atoms. The van der Waals surface area contributed by atoms with Crippen LogP contribution in [-0.4, -0.2) is 43.4 Å². The molecule has 1 aromatic rings. The highest BCUT2D eigenvalue weighted by molar-refractivity contribution is 7.07. The van der Waals surface area contributed by atoms with E-state index in [4.69, 9.17) is 9.47 Å². The first-order chi connectivity index (χ1) is 8.86. The second-order valence-electron chi connectivity index (χ2n) is 5.29. The van der Waals surface area contributed by atoms with E-state index in [-0.39, 0.29) is 0 Å². The maximum absolute atomic E-state index is 6.14. The molecule has 3 nitrogen and oxygen atoms in total. The predicted molar refractivity (Wildman–Crippen MR) is 72.9 cm³/mol. The van der Waals surface area contributed by atoms with E-state index in [1.807, 2.05) is 0 Å². The van der Waals surface area contributed by atoms with Gasteiger partial charge < -0.3 is 9.47 Å². The van der Waals surface area contributed by atoms with E-state index in [9.17, 15) is 0 Å². The van der Waals surface area contributed by atoms with Gasteiger partial charge in [0, 0.05) is 26.2 Å². The zero-order valence-electron chi connectivity index (χ0n) is 10.9. The maximum atomic E-state index is 6.14. The fourth-order valence-corrected chi connectivity index (χ4v) is 3.87. The summed E-state index contributed by atoms with van der Waals surface area (Å²) in [6.07, 6.45) is 4.31. The summed E-state index contributed by atoms with van der Waals surface area (Å²) < 4.78 is 11.3. The standard InChI is InChI=1S/C14H21NO2S/c1-16-9-12-2-3-13-14(17-12)4-6-15(13)8-11-5-7-18-10-11/h5,7,10,12-14H,2-4,6,8-9H2,1H3/t12-,13-,14-/m1/s1. The van der Waals surface area contributed by atoms with Crippen molar-refractivity contribution in [2.75, 3.05) is 20.3 Å². The summed E-state index contributed by atoms with van der Waals surface area (Å²) in [6, 6.07) is 2.85. The summed E-state index contributed by atoms with van der Waals surface area (Å²) in [4.78, 5) is 2.59. The third kappa shape index (κ3) is 2.62. The smallest absolute Gasteiger partial charge is 0.0813 e. The van der Waals surface area contributed by atoms with Crippen molar-refractivity contribution in [2.45, 2.75) is 44.1 Å². The topological polar surface area (TPSA) is 21.7 Å². The molecule has 3 heterocycles. The monoisotopic (exact) mass is 267 g/mol. The number of rotatable bonds is 4. The van der Waals surface area contributed by atoms with Crippen molar-refractivity contribution in [1.29, 1.82) is 0 Å². The van der Waals surface area contributed by atoms with Crippen LogP contribution in [0.2, 0.25) is 0 Å². The van der Waals surface area contributed by atoms with Crippen LogP contribution in [0.25, 0.3) is 0 Å². The van der Waals surface area contributed by atoms with Gasteiger partial charge in [0.25, 0.3) is 0 Å². The molecule has 100 valence electrons. The first kappa shape index (κ1) is 12.6. The Hall–Kier alpha value is -0.420. The van der Waals surface area contributed by atoms with Gasteiger partial charge in [-0.25, -0.2) is 0 Å². The summed E-state index contributed by atoms with van der Waals surface area (Å²) >= 11 is 1.78. The second-order valence-corrected chi connectivity index (χ2v) is 6.07. The van der Waals surface area contributed by atoms with Gasteiger partial charge in [0.05, 0.1) is 18.8 Å². The normalized spacial score (nSPS) is 32.6. The van der Waals surface area contributed by atoms with Crippen molar-refractivity contribution in [3.8, 4) is 0 Å². The second kappa shape index (κ2) is 5.70. The number of fused-ring (bicyclic) bond motifs is 1. The Morgan fingerprint density at radius 2 is 2.39 bits per heavy atom. The van der Waals surface area contributed by atoms with Gasteiger partial charge in [0.15, 0.2) is 0 Å². The minimum Gasteiger partial charge on any atom is -0.382 e. The Bertz CT molecular complexity index is 368. The van der Waals surface area contributed by atoms with Crippen LogP contribution in [0.5, 0.6) is 0 Å². The zero-order valence-corrected chi connectivity index (χ0v) is 11.7. The molecule has 4 heteroatoms. The van der Waals surface area contributed by atoms with Gasteiger partial charge in [-0.2, -0.15) is 11.3 Å². The summed E-state index contributed by atoms with van der Waals surface area (Å²) in [5.74, 6) is 0. The van der Waals surface area contributed by atoms with Gasteiger partial charge in [0.2, 0.25) is 0 Å². The first-order valence-electron chi connectivity index (χ1n) is 6.76. The Kier molecular flexibility index (Phi) is 3.99. The third-order valence-corrected chi connectivity index (χ3v) is 4.80. The lowest BCUT2D eigenvalue weighted by Gasteiger charge is -2.35. The molecule has 2 fully saturated rings. The number of nitrogens with zero attached hydrogens (tertiary/aromatic N) is 1. The van der Waals surface area contributed by atoms with Crippen molar-refractivity contribution >= 4 is 11.3 Å². The Morgan fingerprint density at radius 1 is 1.44 bits per heavy atom. The molecule has 0 N–H and O–H groups in total. The van der Waals surface area contributed by atoms with Gasteiger partial charge in [-0.05, 0) is 41.7 Å². The molecule has 0 spiro atoms. The SMILES string of the molecule is COC[C@H]1CC[C@@H]2[C@@H](CCN2Cc2ccsc2)O1. The first-order valence-corrected chi connectivity index (χ1v) is 7.70. The lowest BCUT2D eigenvalue weighted by atomic mass is 9.99. The van der Waals surface area contributed by atoms with Crippen LogP contribution in [0, 0.1) is 0 Å². The molecule has 0 radical (unpaired) electrons. The molecule has 2 aliphatic heterocycles.